The monoisotopic (exact) mass is 801 g/mol. The Morgan fingerprint density at radius 1 is 1.03 bits per heavy atom. The van der Waals surface area contributed by atoms with Crippen LogP contribution in [0.1, 0.15) is 37.2 Å². The molecule has 0 saturated heterocycles. The van der Waals surface area contributed by atoms with E-state index < -0.39 is 0 Å². The Hall–Kier alpha value is -1.76. The van der Waals surface area contributed by atoms with E-state index in [9.17, 15) is 4.79 Å². The Kier molecular flexibility index (Phi) is 9.82. The van der Waals surface area contributed by atoms with Gasteiger partial charge in [0.15, 0.2) is 11.5 Å². The van der Waals surface area contributed by atoms with E-state index in [0.717, 1.165) is 34.5 Å². The largest absolute Gasteiger partial charge is 0.490 e. The molecular formula is C27H23Br3IN3O3. The van der Waals surface area contributed by atoms with Crippen LogP contribution in [0.2, 0.25) is 0 Å². The fraction of sp³-hybridized carbons (Fsp3) is 0.222. The van der Waals surface area contributed by atoms with E-state index in [4.69, 9.17) is 14.5 Å². The van der Waals surface area contributed by atoms with Crippen LogP contribution in [0.15, 0.2) is 71.8 Å². The maximum Gasteiger partial charge on any atom is 0.282 e. The second-order valence-corrected chi connectivity index (χ2v) is 11.9. The summed E-state index contributed by atoms with van der Waals surface area (Å²) < 4.78 is 17.1. The molecule has 10 heteroatoms. The molecule has 0 N–H and O–H groups in total. The highest BCUT2D eigenvalue weighted by molar-refractivity contribution is 14.1. The summed E-state index contributed by atoms with van der Waals surface area (Å²) >= 11 is 12.7. The van der Waals surface area contributed by atoms with Gasteiger partial charge in [-0.3, -0.25) is 4.79 Å². The van der Waals surface area contributed by atoms with E-state index in [1.807, 2.05) is 56.3 Å². The molecule has 0 saturated carbocycles. The number of benzene rings is 3. The molecule has 6 nitrogen and oxygen atoms in total. The van der Waals surface area contributed by atoms with Gasteiger partial charge in [-0.05, 0) is 84.0 Å². The average Bonchev–Trinajstić information content (AvgIpc) is 2.85. The first kappa shape index (κ1) is 28.3. The van der Waals surface area contributed by atoms with Crippen molar-refractivity contribution in [2.24, 2.45) is 5.10 Å². The molecule has 4 rings (SSSR count). The number of hydrogen-bond donors (Lipinski definition) is 0. The summed E-state index contributed by atoms with van der Waals surface area (Å²) in [5.74, 6) is 1.90. The van der Waals surface area contributed by atoms with Gasteiger partial charge in [-0.15, -0.1) is 0 Å². The average molecular weight is 804 g/mol. The normalized spacial score (nSPS) is 11.4. The smallest absolute Gasteiger partial charge is 0.282 e. The van der Waals surface area contributed by atoms with Crippen molar-refractivity contribution in [1.82, 2.24) is 9.66 Å². The summed E-state index contributed by atoms with van der Waals surface area (Å²) in [5, 5.41) is 5.06. The van der Waals surface area contributed by atoms with Crippen LogP contribution in [0.4, 0.5) is 0 Å². The van der Waals surface area contributed by atoms with E-state index in [1.54, 1.807) is 12.3 Å². The predicted octanol–water partition coefficient (Wildman–Crippen LogP) is 8.10. The lowest BCUT2D eigenvalue weighted by molar-refractivity contribution is 0.267. The second kappa shape index (κ2) is 12.9. The summed E-state index contributed by atoms with van der Waals surface area (Å²) in [6.45, 7) is 4.84. The highest BCUT2D eigenvalue weighted by Crippen LogP contribution is 2.35. The number of ether oxygens (including phenoxy) is 2. The Morgan fingerprint density at radius 2 is 1.78 bits per heavy atom. The van der Waals surface area contributed by atoms with Gasteiger partial charge in [0.05, 0.1) is 27.3 Å². The van der Waals surface area contributed by atoms with Crippen molar-refractivity contribution in [2.75, 3.05) is 6.61 Å². The van der Waals surface area contributed by atoms with Gasteiger partial charge in [-0.1, -0.05) is 60.8 Å². The van der Waals surface area contributed by atoms with Gasteiger partial charge >= 0.3 is 0 Å². The molecule has 3 aromatic carbocycles. The third-order valence-electron chi connectivity index (χ3n) is 5.39. The number of aromatic nitrogens is 2. The van der Waals surface area contributed by atoms with Gasteiger partial charge < -0.3 is 9.47 Å². The first-order chi connectivity index (χ1) is 17.8. The molecule has 0 unspecified atom stereocenters. The first-order valence-electron chi connectivity index (χ1n) is 11.6. The van der Waals surface area contributed by atoms with Crippen molar-refractivity contribution < 1.29 is 9.47 Å². The standard InChI is InChI=1S/C27H23Br3IN3O3/c1-3-5-25-33-23-9-8-18(28)12-20(23)27(35)34(25)32-14-16-10-22(31)26(24(11-16)36-4-2)37-15-17-6-7-19(29)13-21(17)30/h6-14H,3-5,15H2,1-2H3. The topological polar surface area (TPSA) is 65.7 Å². The van der Waals surface area contributed by atoms with Crippen LogP contribution >= 0.6 is 70.4 Å². The maximum absolute atomic E-state index is 13.3. The van der Waals surface area contributed by atoms with Crippen LogP contribution in [-0.4, -0.2) is 22.5 Å². The minimum Gasteiger partial charge on any atom is -0.490 e. The van der Waals surface area contributed by atoms with Gasteiger partial charge in [0.2, 0.25) is 0 Å². The van der Waals surface area contributed by atoms with Crippen LogP contribution in [0, 0.1) is 3.57 Å². The van der Waals surface area contributed by atoms with Gasteiger partial charge in [0.25, 0.3) is 5.56 Å². The highest BCUT2D eigenvalue weighted by Gasteiger charge is 2.14. The third kappa shape index (κ3) is 6.82. The fourth-order valence-electron chi connectivity index (χ4n) is 3.68. The zero-order valence-corrected chi connectivity index (χ0v) is 27.0. The number of aryl methyl sites for hydroxylation is 1. The van der Waals surface area contributed by atoms with Crippen LogP contribution in [-0.2, 0) is 13.0 Å². The van der Waals surface area contributed by atoms with Gasteiger partial charge in [0.1, 0.15) is 12.4 Å². The number of nitrogens with zero attached hydrogens (tertiary/aromatic N) is 3. The highest BCUT2D eigenvalue weighted by atomic mass is 127. The van der Waals surface area contributed by atoms with Gasteiger partial charge in [0, 0.05) is 25.4 Å². The molecule has 1 aromatic heterocycles. The van der Waals surface area contributed by atoms with Crippen molar-refractivity contribution in [2.45, 2.75) is 33.3 Å². The summed E-state index contributed by atoms with van der Waals surface area (Å²) in [7, 11) is 0. The lowest BCUT2D eigenvalue weighted by atomic mass is 10.2. The first-order valence-corrected chi connectivity index (χ1v) is 15.0. The molecule has 37 heavy (non-hydrogen) atoms. The van der Waals surface area contributed by atoms with E-state index in [2.05, 4.69) is 75.5 Å². The summed E-state index contributed by atoms with van der Waals surface area (Å²) in [4.78, 5) is 18.0. The zero-order valence-electron chi connectivity index (χ0n) is 20.1. The SMILES string of the molecule is CCCc1nc2ccc(Br)cc2c(=O)n1N=Cc1cc(I)c(OCc2ccc(Br)cc2Br)c(OCC)c1. The quantitative estimate of drug-likeness (QED) is 0.127. The van der Waals surface area contributed by atoms with Crippen LogP contribution in [0.5, 0.6) is 11.5 Å². The van der Waals surface area contributed by atoms with Crippen LogP contribution in [0.3, 0.4) is 0 Å². The Morgan fingerprint density at radius 3 is 2.51 bits per heavy atom. The minimum atomic E-state index is -0.203. The third-order valence-corrected chi connectivity index (χ3v) is 7.92. The van der Waals surface area contributed by atoms with Crippen LogP contribution < -0.4 is 15.0 Å². The lowest BCUT2D eigenvalue weighted by Crippen LogP contribution is -2.22. The molecule has 0 aliphatic rings. The van der Waals surface area contributed by atoms with Crippen molar-refractivity contribution in [3.63, 3.8) is 0 Å². The minimum absolute atomic E-state index is 0.203. The summed E-state index contributed by atoms with van der Waals surface area (Å²) in [5.41, 5.74) is 2.26. The number of halogens is 4. The van der Waals surface area contributed by atoms with Crippen molar-refractivity contribution in [1.29, 1.82) is 0 Å². The molecule has 0 bridgehead atoms. The van der Waals surface area contributed by atoms with Gasteiger partial charge in [-0.25, -0.2) is 4.98 Å². The van der Waals surface area contributed by atoms with E-state index in [0.29, 0.717) is 47.9 Å². The maximum atomic E-state index is 13.3. The molecule has 0 atom stereocenters. The van der Waals surface area contributed by atoms with Crippen molar-refractivity contribution >= 4 is 87.5 Å². The van der Waals surface area contributed by atoms with E-state index in [-0.39, 0.29) is 5.56 Å². The molecule has 0 amide bonds. The van der Waals surface area contributed by atoms with Crippen LogP contribution in [0.25, 0.3) is 10.9 Å². The van der Waals surface area contributed by atoms with Gasteiger partial charge in [-0.2, -0.15) is 9.78 Å². The fourth-order valence-corrected chi connectivity index (χ4v) is 5.98. The number of rotatable bonds is 9. The molecule has 0 fully saturated rings. The Labute approximate surface area is 254 Å². The van der Waals surface area contributed by atoms with E-state index >= 15 is 0 Å². The number of hydrogen-bond acceptors (Lipinski definition) is 5. The summed E-state index contributed by atoms with van der Waals surface area (Å²) in [6.07, 6.45) is 3.14. The molecule has 0 aliphatic carbocycles. The molecular weight excluding hydrogens is 781 g/mol. The zero-order chi connectivity index (χ0) is 26.5. The van der Waals surface area contributed by atoms with E-state index in [1.165, 1.54) is 4.68 Å². The molecule has 0 aliphatic heterocycles. The lowest BCUT2D eigenvalue weighted by Gasteiger charge is -2.15. The number of fused-ring (bicyclic) bond motifs is 1. The Balaban J connectivity index is 1.68. The molecule has 0 radical (unpaired) electrons. The molecule has 1 heterocycles. The summed E-state index contributed by atoms with van der Waals surface area (Å²) in [6, 6.07) is 15.3. The molecule has 0 spiro atoms. The molecule has 192 valence electrons. The molecule has 4 aromatic rings. The predicted molar refractivity (Wildman–Crippen MR) is 167 cm³/mol. The van der Waals surface area contributed by atoms with Crippen molar-refractivity contribution in [3.05, 3.63) is 92.8 Å². The second-order valence-electron chi connectivity index (χ2n) is 8.09. The Bertz CT molecular complexity index is 1540. The van der Waals surface area contributed by atoms with Crippen molar-refractivity contribution in [3.8, 4) is 11.5 Å².